The molecule has 0 rings (SSSR count). The van der Waals surface area contributed by atoms with Crippen molar-refractivity contribution < 1.29 is 5.11 Å². The van der Waals surface area contributed by atoms with E-state index < -0.39 is 0 Å². The van der Waals surface area contributed by atoms with Crippen LogP contribution in [0.2, 0.25) is 0 Å². The van der Waals surface area contributed by atoms with Crippen LogP contribution < -0.4 is 0 Å². The molecule has 0 aliphatic carbocycles. The average Bonchev–Trinajstić information content (AvgIpc) is 1.60. The van der Waals surface area contributed by atoms with E-state index in [9.17, 15) is 5.11 Å². The largest absolute Gasteiger partial charge is 0.393 e. The molecule has 1 atom stereocenters. The topological polar surface area (TPSA) is 20.2 Å². The zero-order valence-electron chi connectivity index (χ0n) is 7.81. The normalized spacial score (nSPS) is 15.9. The van der Waals surface area contributed by atoms with Crippen molar-refractivity contribution >= 4 is 0 Å². The van der Waals surface area contributed by atoms with E-state index in [1.165, 1.54) is 0 Å². The fourth-order valence-corrected chi connectivity index (χ4v) is 0.800. The first-order chi connectivity index (χ1) is 4.34. The molecule has 0 aliphatic rings. The highest BCUT2D eigenvalue weighted by molar-refractivity contribution is 4.73. The first-order valence-electron chi connectivity index (χ1n) is 4.02. The molecule has 0 amide bonds. The van der Waals surface area contributed by atoms with Gasteiger partial charge in [0.25, 0.3) is 0 Å². The Morgan fingerprint density at radius 3 is 1.70 bits per heavy atom. The van der Waals surface area contributed by atoms with Crippen LogP contribution in [0.5, 0.6) is 0 Å². The van der Waals surface area contributed by atoms with Gasteiger partial charge >= 0.3 is 0 Å². The van der Waals surface area contributed by atoms with Crippen LogP contribution >= 0.6 is 0 Å². The molecule has 0 aliphatic heterocycles. The van der Waals surface area contributed by atoms with Gasteiger partial charge in [-0.05, 0) is 17.8 Å². The van der Waals surface area contributed by atoms with Gasteiger partial charge in [0.1, 0.15) is 0 Å². The molecule has 0 fully saturated rings. The quantitative estimate of drug-likeness (QED) is 0.631. The van der Waals surface area contributed by atoms with Gasteiger partial charge < -0.3 is 5.11 Å². The maximum atomic E-state index is 9.56. The maximum Gasteiger partial charge on any atom is 0.0590 e. The van der Waals surface area contributed by atoms with E-state index in [0.29, 0.717) is 5.92 Å². The number of aliphatic hydroxyl groups is 1. The highest BCUT2D eigenvalue weighted by Crippen LogP contribution is 2.23. The van der Waals surface area contributed by atoms with Crippen molar-refractivity contribution in [1.82, 2.24) is 0 Å². The van der Waals surface area contributed by atoms with Gasteiger partial charge in [-0.15, -0.1) is 0 Å². The van der Waals surface area contributed by atoms with Crippen molar-refractivity contribution in [3.8, 4) is 0 Å². The molecular weight excluding hydrogens is 124 g/mol. The highest BCUT2D eigenvalue weighted by atomic mass is 16.3. The lowest BCUT2D eigenvalue weighted by molar-refractivity contribution is 0.0452. The summed E-state index contributed by atoms with van der Waals surface area (Å²) in [5, 5.41) is 9.56. The molecule has 0 bridgehead atoms. The summed E-state index contributed by atoms with van der Waals surface area (Å²) in [5.74, 6) is 0.592. The molecule has 0 radical (unpaired) electrons. The summed E-state index contributed by atoms with van der Waals surface area (Å²) in [7, 11) is 0. The van der Waals surface area contributed by atoms with Crippen LogP contribution in [-0.4, -0.2) is 11.2 Å². The minimum Gasteiger partial charge on any atom is -0.393 e. The molecule has 10 heavy (non-hydrogen) atoms. The number of hydrogen-bond acceptors (Lipinski definition) is 1. The summed E-state index contributed by atoms with van der Waals surface area (Å²) in [5.41, 5.74) is 0.0459. The van der Waals surface area contributed by atoms with E-state index in [1.807, 2.05) is 0 Å². The molecule has 1 nitrogen and oxygen atoms in total. The smallest absolute Gasteiger partial charge is 0.0590 e. The molecule has 0 aromatic rings. The Morgan fingerprint density at radius 2 is 1.60 bits per heavy atom. The maximum absolute atomic E-state index is 9.56. The Kier molecular flexibility index (Phi) is 3.37. The molecule has 62 valence electrons. The van der Waals surface area contributed by atoms with Crippen LogP contribution in [0.25, 0.3) is 0 Å². The lowest BCUT2D eigenvalue weighted by Gasteiger charge is -2.27. The molecule has 0 heterocycles. The van der Waals surface area contributed by atoms with Gasteiger partial charge in [0.05, 0.1) is 6.10 Å². The number of hydrogen-bond donors (Lipinski definition) is 1. The Labute approximate surface area is 64.5 Å². The fraction of sp³-hybridized carbons (Fsp3) is 1.00. The highest BCUT2D eigenvalue weighted by Gasteiger charge is 2.22. The summed E-state index contributed by atoms with van der Waals surface area (Å²) in [4.78, 5) is 0. The second-order valence-corrected chi connectivity index (χ2v) is 4.51. The average molecular weight is 144 g/mol. The van der Waals surface area contributed by atoms with Crippen molar-refractivity contribution in [2.24, 2.45) is 11.3 Å². The zero-order valence-corrected chi connectivity index (χ0v) is 7.81. The van der Waals surface area contributed by atoms with Crippen molar-refractivity contribution in [2.75, 3.05) is 0 Å². The van der Waals surface area contributed by atoms with Gasteiger partial charge in [0.15, 0.2) is 0 Å². The van der Waals surface area contributed by atoms with Crippen molar-refractivity contribution in [3.63, 3.8) is 0 Å². The van der Waals surface area contributed by atoms with E-state index in [2.05, 4.69) is 34.6 Å². The Bertz CT molecular complexity index is 89.4. The van der Waals surface area contributed by atoms with Crippen LogP contribution in [0.15, 0.2) is 0 Å². The summed E-state index contributed by atoms with van der Waals surface area (Å²) < 4.78 is 0. The van der Waals surface area contributed by atoms with Gasteiger partial charge in [-0.25, -0.2) is 0 Å². The van der Waals surface area contributed by atoms with Crippen LogP contribution in [0, 0.1) is 11.3 Å². The predicted molar refractivity (Wildman–Crippen MR) is 44.9 cm³/mol. The monoisotopic (exact) mass is 144 g/mol. The first-order valence-corrected chi connectivity index (χ1v) is 4.02. The number of aliphatic hydroxyl groups excluding tert-OH is 1. The van der Waals surface area contributed by atoms with E-state index in [1.54, 1.807) is 0 Å². The SMILES string of the molecule is CC(C)C[C@H](O)C(C)(C)C. The summed E-state index contributed by atoms with van der Waals surface area (Å²) in [6.45, 7) is 10.5. The third-order valence-corrected chi connectivity index (χ3v) is 1.69. The van der Waals surface area contributed by atoms with Gasteiger partial charge in [-0.1, -0.05) is 34.6 Å². The Morgan fingerprint density at radius 1 is 1.20 bits per heavy atom. The third kappa shape index (κ3) is 3.89. The minimum atomic E-state index is -0.160. The molecule has 0 saturated carbocycles. The van der Waals surface area contributed by atoms with E-state index in [-0.39, 0.29) is 11.5 Å². The molecule has 1 heteroatoms. The molecule has 0 aromatic heterocycles. The van der Waals surface area contributed by atoms with Crippen molar-refractivity contribution in [3.05, 3.63) is 0 Å². The van der Waals surface area contributed by atoms with Crippen LogP contribution in [-0.2, 0) is 0 Å². The van der Waals surface area contributed by atoms with Crippen LogP contribution in [0.4, 0.5) is 0 Å². The molecule has 0 spiro atoms. The van der Waals surface area contributed by atoms with Gasteiger partial charge in [0, 0.05) is 0 Å². The van der Waals surface area contributed by atoms with Crippen LogP contribution in [0.1, 0.15) is 41.0 Å². The second kappa shape index (κ2) is 3.38. The van der Waals surface area contributed by atoms with Crippen molar-refractivity contribution in [2.45, 2.75) is 47.1 Å². The van der Waals surface area contributed by atoms with Gasteiger partial charge in [-0.2, -0.15) is 0 Å². The van der Waals surface area contributed by atoms with Gasteiger partial charge in [-0.3, -0.25) is 0 Å². The molecular formula is C9H20O. The second-order valence-electron chi connectivity index (χ2n) is 4.51. The Balaban J connectivity index is 3.73. The van der Waals surface area contributed by atoms with Crippen molar-refractivity contribution in [1.29, 1.82) is 0 Å². The predicted octanol–water partition coefficient (Wildman–Crippen LogP) is 2.44. The molecule has 0 unspecified atom stereocenters. The third-order valence-electron chi connectivity index (χ3n) is 1.69. The first kappa shape index (κ1) is 9.96. The minimum absolute atomic E-state index is 0.0459. The molecule has 1 N–H and O–H groups in total. The summed E-state index contributed by atoms with van der Waals surface area (Å²) in [6.07, 6.45) is 0.747. The fourth-order valence-electron chi connectivity index (χ4n) is 0.800. The lowest BCUT2D eigenvalue weighted by Crippen LogP contribution is -2.27. The van der Waals surface area contributed by atoms with E-state index in [0.717, 1.165) is 6.42 Å². The van der Waals surface area contributed by atoms with E-state index in [4.69, 9.17) is 0 Å². The lowest BCUT2D eigenvalue weighted by atomic mass is 9.84. The summed E-state index contributed by atoms with van der Waals surface area (Å²) in [6, 6.07) is 0. The van der Waals surface area contributed by atoms with Gasteiger partial charge in [0.2, 0.25) is 0 Å². The molecule has 0 aromatic carbocycles. The standard InChI is InChI=1S/C9H20O/c1-7(2)6-8(10)9(3,4)5/h7-8,10H,6H2,1-5H3/t8-/m0/s1. The summed E-state index contributed by atoms with van der Waals surface area (Å²) >= 11 is 0. The van der Waals surface area contributed by atoms with E-state index >= 15 is 0 Å². The zero-order chi connectivity index (χ0) is 8.36. The number of rotatable bonds is 2. The van der Waals surface area contributed by atoms with Crippen LogP contribution in [0.3, 0.4) is 0 Å². The molecule has 0 saturated heterocycles. The Hall–Kier alpha value is -0.0400.